The molecule has 2 aromatic rings. The number of hydrogen-bond acceptors (Lipinski definition) is 5. The summed E-state index contributed by atoms with van der Waals surface area (Å²) in [6.07, 6.45) is 1.35. The minimum absolute atomic E-state index is 0.104. The van der Waals surface area contributed by atoms with E-state index in [0.717, 1.165) is 0 Å². The molecule has 0 saturated carbocycles. The van der Waals surface area contributed by atoms with Crippen molar-refractivity contribution < 1.29 is 19.1 Å². The number of nitrogens with one attached hydrogen (secondary N) is 2. The maximum absolute atomic E-state index is 12.4. The van der Waals surface area contributed by atoms with Crippen molar-refractivity contribution in [3.63, 3.8) is 0 Å². The first-order valence-corrected chi connectivity index (χ1v) is 10.1. The van der Waals surface area contributed by atoms with Gasteiger partial charge in [0.25, 0.3) is 11.8 Å². The van der Waals surface area contributed by atoms with Crippen LogP contribution in [0.2, 0.25) is 15.1 Å². The number of pyridine rings is 1. The van der Waals surface area contributed by atoms with E-state index >= 15 is 0 Å². The third kappa shape index (κ3) is 6.08. The van der Waals surface area contributed by atoms with Crippen LogP contribution in [-0.4, -0.2) is 35.4 Å². The highest BCUT2D eigenvalue weighted by Gasteiger charge is 2.27. The SMILES string of the molecule is Cc1c(Cl)cnc(NC(=O)COC(=O)[C@@H](NC(=O)c2ccccc2Cl)C(C)C)c1Cl. The van der Waals surface area contributed by atoms with Gasteiger partial charge in [0.15, 0.2) is 12.4 Å². The van der Waals surface area contributed by atoms with Crippen molar-refractivity contribution in [2.75, 3.05) is 11.9 Å². The van der Waals surface area contributed by atoms with Gasteiger partial charge in [0, 0.05) is 6.20 Å². The van der Waals surface area contributed by atoms with Gasteiger partial charge in [0.1, 0.15) is 6.04 Å². The van der Waals surface area contributed by atoms with Gasteiger partial charge < -0.3 is 15.4 Å². The molecule has 2 rings (SSSR count). The van der Waals surface area contributed by atoms with Crippen molar-refractivity contribution in [3.05, 3.63) is 56.7 Å². The Bertz CT molecular complexity index is 966. The third-order valence-corrected chi connectivity index (χ3v) is 5.30. The number of benzene rings is 1. The van der Waals surface area contributed by atoms with E-state index in [0.29, 0.717) is 10.6 Å². The highest BCUT2D eigenvalue weighted by molar-refractivity contribution is 6.37. The number of halogens is 3. The fourth-order valence-corrected chi connectivity index (χ4v) is 3.01. The highest BCUT2D eigenvalue weighted by Crippen LogP contribution is 2.28. The molecule has 1 atom stereocenters. The highest BCUT2D eigenvalue weighted by atomic mass is 35.5. The van der Waals surface area contributed by atoms with Crippen LogP contribution >= 0.6 is 34.8 Å². The van der Waals surface area contributed by atoms with E-state index < -0.39 is 30.4 Å². The zero-order valence-electron chi connectivity index (χ0n) is 16.5. The molecule has 1 aromatic carbocycles. The molecular weight excluding hydrogens is 453 g/mol. The fraction of sp³-hybridized carbons (Fsp3) is 0.300. The quantitative estimate of drug-likeness (QED) is 0.586. The predicted octanol–water partition coefficient (Wildman–Crippen LogP) is 4.29. The number of carbonyl (C=O) groups is 3. The van der Waals surface area contributed by atoms with Gasteiger partial charge in [0.2, 0.25) is 0 Å². The van der Waals surface area contributed by atoms with Crippen LogP contribution in [0.4, 0.5) is 5.82 Å². The van der Waals surface area contributed by atoms with E-state index in [9.17, 15) is 14.4 Å². The molecule has 0 aliphatic heterocycles. The van der Waals surface area contributed by atoms with Gasteiger partial charge in [-0.2, -0.15) is 0 Å². The van der Waals surface area contributed by atoms with E-state index in [1.165, 1.54) is 6.20 Å². The second-order valence-corrected chi connectivity index (χ2v) is 7.92. The molecule has 0 unspecified atom stereocenters. The Hall–Kier alpha value is -2.35. The number of aromatic nitrogens is 1. The molecule has 30 heavy (non-hydrogen) atoms. The van der Waals surface area contributed by atoms with Crippen LogP contribution in [-0.2, 0) is 14.3 Å². The van der Waals surface area contributed by atoms with Crippen molar-refractivity contribution >= 4 is 58.4 Å². The molecule has 0 spiro atoms. The summed E-state index contributed by atoms with van der Waals surface area (Å²) in [6, 6.07) is 5.49. The molecule has 0 saturated heterocycles. The largest absolute Gasteiger partial charge is 0.454 e. The molecular formula is C20H20Cl3N3O4. The summed E-state index contributed by atoms with van der Waals surface area (Å²) >= 11 is 18.0. The molecule has 0 fully saturated rings. The summed E-state index contributed by atoms with van der Waals surface area (Å²) in [5.41, 5.74) is 0.789. The van der Waals surface area contributed by atoms with E-state index in [1.54, 1.807) is 45.0 Å². The Morgan fingerprint density at radius 3 is 2.40 bits per heavy atom. The molecule has 1 aromatic heterocycles. The van der Waals surface area contributed by atoms with Crippen molar-refractivity contribution in [3.8, 4) is 0 Å². The lowest BCUT2D eigenvalue weighted by Crippen LogP contribution is -2.46. The van der Waals surface area contributed by atoms with Gasteiger partial charge in [0.05, 0.1) is 20.6 Å². The van der Waals surface area contributed by atoms with Gasteiger partial charge in [-0.05, 0) is 30.5 Å². The Labute approximate surface area is 189 Å². The lowest BCUT2D eigenvalue weighted by atomic mass is 10.0. The van der Waals surface area contributed by atoms with Gasteiger partial charge in [-0.3, -0.25) is 9.59 Å². The average molecular weight is 473 g/mol. The standard InChI is InChI=1S/C20H20Cl3N3O4/c1-10(2)17(26-19(28)12-6-4-5-7-13(12)21)20(29)30-9-15(27)25-18-16(23)11(3)14(22)8-24-18/h4-8,10,17H,9H2,1-3H3,(H,26,28)(H,24,25,27)/t17-/m0/s1. The number of esters is 1. The zero-order valence-corrected chi connectivity index (χ0v) is 18.7. The number of anilines is 1. The Morgan fingerprint density at radius 1 is 1.10 bits per heavy atom. The number of rotatable bonds is 7. The molecule has 1 heterocycles. The van der Waals surface area contributed by atoms with Crippen LogP contribution < -0.4 is 10.6 Å². The first-order valence-electron chi connectivity index (χ1n) is 8.94. The van der Waals surface area contributed by atoms with Crippen LogP contribution in [0.5, 0.6) is 0 Å². The second kappa shape index (κ2) is 10.6. The zero-order chi connectivity index (χ0) is 22.4. The first kappa shape index (κ1) is 23.9. The maximum atomic E-state index is 12.4. The van der Waals surface area contributed by atoms with E-state index in [1.807, 2.05) is 0 Å². The number of carbonyl (C=O) groups excluding carboxylic acids is 3. The van der Waals surface area contributed by atoms with Crippen LogP contribution in [0.25, 0.3) is 0 Å². The van der Waals surface area contributed by atoms with Gasteiger partial charge in [-0.1, -0.05) is 60.8 Å². The maximum Gasteiger partial charge on any atom is 0.329 e. The minimum atomic E-state index is -0.971. The van der Waals surface area contributed by atoms with Crippen LogP contribution in [0.1, 0.15) is 29.8 Å². The fourth-order valence-electron chi connectivity index (χ4n) is 2.40. The molecule has 7 nitrogen and oxygen atoms in total. The normalized spacial score (nSPS) is 11.7. The van der Waals surface area contributed by atoms with Crippen molar-refractivity contribution in [2.45, 2.75) is 26.8 Å². The molecule has 0 aliphatic rings. The van der Waals surface area contributed by atoms with Gasteiger partial charge in [-0.15, -0.1) is 0 Å². The molecule has 160 valence electrons. The van der Waals surface area contributed by atoms with E-state index in [2.05, 4.69) is 15.6 Å². The Kier molecular flexibility index (Phi) is 8.46. The van der Waals surface area contributed by atoms with E-state index in [4.69, 9.17) is 39.5 Å². The topological polar surface area (TPSA) is 97.4 Å². The molecule has 2 N–H and O–H groups in total. The monoisotopic (exact) mass is 471 g/mol. The Balaban J connectivity index is 1.98. The first-order chi connectivity index (χ1) is 14.1. The van der Waals surface area contributed by atoms with Crippen molar-refractivity contribution in [1.29, 1.82) is 0 Å². The van der Waals surface area contributed by atoms with Crippen molar-refractivity contribution in [1.82, 2.24) is 10.3 Å². The molecule has 0 bridgehead atoms. The van der Waals surface area contributed by atoms with Crippen molar-refractivity contribution in [2.24, 2.45) is 5.92 Å². The lowest BCUT2D eigenvalue weighted by molar-refractivity contribution is -0.150. The minimum Gasteiger partial charge on any atom is -0.454 e. The van der Waals surface area contributed by atoms with Crippen LogP contribution in [0.15, 0.2) is 30.5 Å². The molecule has 2 amide bonds. The summed E-state index contributed by atoms with van der Waals surface area (Å²) in [4.78, 5) is 41.0. The molecule has 0 aliphatic carbocycles. The number of nitrogens with zero attached hydrogens (tertiary/aromatic N) is 1. The third-order valence-electron chi connectivity index (χ3n) is 4.13. The summed E-state index contributed by atoms with van der Waals surface area (Å²) < 4.78 is 5.06. The smallest absolute Gasteiger partial charge is 0.329 e. The average Bonchev–Trinajstić information content (AvgIpc) is 2.70. The van der Waals surface area contributed by atoms with Crippen LogP contribution in [0, 0.1) is 12.8 Å². The van der Waals surface area contributed by atoms with E-state index in [-0.39, 0.29) is 27.3 Å². The van der Waals surface area contributed by atoms with Gasteiger partial charge >= 0.3 is 5.97 Å². The predicted molar refractivity (Wildman–Crippen MR) is 116 cm³/mol. The second-order valence-electron chi connectivity index (χ2n) is 6.72. The number of ether oxygens (including phenoxy) is 1. The molecule has 10 heteroatoms. The van der Waals surface area contributed by atoms with Crippen LogP contribution in [0.3, 0.4) is 0 Å². The summed E-state index contributed by atoms with van der Waals surface area (Å²) in [5.74, 6) is -2.10. The van der Waals surface area contributed by atoms with Gasteiger partial charge in [-0.25, -0.2) is 9.78 Å². The lowest BCUT2D eigenvalue weighted by Gasteiger charge is -2.21. The number of amides is 2. The summed E-state index contributed by atoms with van der Waals surface area (Å²) in [6.45, 7) is 4.57. The number of hydrogen-bond donors (Lipinski definition) is 2. The summed E-state index contributed by atoms with van der Waals surface area (Å²) in [7, 11) is 0. The summed E-state index contributed by atoms with van der Waals surface area (Å²) in [5, 5.41) is 5.85. The Morgan fingerprint density at radius 2 is 1.77 bits per heavy atom. The molecule has 0 radical (unpaired) electrons.